The van der Waals surface area contributed by atoms with Crippen LogP contribution in [0.25, 0.3) is 0 Å². The summed E-state index contributed by atoms with van der Waals surface area (Å²) < 4.78 is 0.971. The molecule has 110 valence electrons. The van der Waals surface area contributed by atoms with Crippen LogP contribution >= 0.6 is 15.9 Å². The molecule has 2 rings (SSSR count). The third-order valence-electron chi connectivity index (χ3n) is 4.31. The fourth-order valence-electron chi connectivity index (χ4n) is 2.99. The van der Waals surface area contributed by atoms with Crippen LogP contribution in [0, 0.1) is 5.41 Å². The summed E-state index contributed by atoms with van der Waals surface area (Å²) in [7, 11) is 0. The molecule has 1 aromatic rings. The van der Waals surface area contributed by atoms with E-state index in [0.717, 1.165) is 16.7 Å². The summed E-state index contributed by atoms with van der Waals surface area (Å²) in [6.07, 6.45) is 6.46. The minimum absolute atomic E-state index is 0.0207. The zero-order valence-electron chi connectivity index (χ0n) is 12.0. The molecule has 0 atom stereocenters. The van der Waals surface area contributed by atoms with Gasteiger partial charge in [0, 0.05) is 16.7 Å². The highest BCUT2D eigenvalue weighted by molar-refractivity contribution is 9.10. The van der Waals surface area contributed by atoms with E-state index < -0.39 is 0 Å². The molecule has 3 nitrogen and oxygen atoms in total. The SMILES string of the molecule is CCC1(CNCC(=O)Nc2cccc(Br)c2)CCCC1. The monoisotopic (exact) mass is 338 g/mol. The summed E-state index contributed by atoms with van der Waals surface area (Å²) in [6.45, 7) is 3.60. The summed E-state index contributed by atoms with van der Waals surface area (Å²) in [6, 6.07) is 7.66. The number of nitrogens with one attached hydrogen (secondary N) is 2. The molecule has 20 heavy (non-hydrogen) atoms. The van der Waals surface area contributed by atoms with Crippen molar-refractivity contribution in [3.05, 3.63) is 28.7 Å². The Morgan fingerprint density at radius 2 is 2.10 bits per heavy atom. The molecular formula is C16H23BrN2O. The molecule has 0 unspecified atom stereocenters. The van der Waals surface area contributed by atoms with E-state index in [1.165, 1.54) is 32.1 Å². The third kappa shape index (κ3) is 4.32. The summed E-state index contributed by atoms with van der Waals surface area (Å²) in [5.41, 5.74) is 1.26. The average molecular weight is 339 g/mol. The number of carbonyl (C=O) groups is 1. The Bertz CT molecular complexity index is 456. The standard InChI is InChI=1S/C16H23BrN2O/c1-2-16(8-3-4-9-16)12-18-11-15(20)19-14-7-5-6-13(17)10-14/h5-7,10,18H,2-4,8-9,11-12H2,1H3,(H,19,20). The molecule has 1 aliphatic rings. The second-order valence-corrected chi connectivity index (χ2v) is 6.64. The maximum atomic E-state index is 11.9. The summed E-state index contributed by atoms with van der Waals surface area (Å²) in [5, 5.41) is 6.24. The van der Waals surface area contributed by atoms with Crippen LogP contribution in [0.1, 0.15) is 39.0 Å². The zero-order valence-corrected chi connectivity index (χ0v) is 13.6. The Morgan fingerprint density at radius 3 is 2.75 bits per heavy atom. The number of amides is 1. The fourth-order valence-corrected chi connectivity index (χ4v) is 3.39. The summed E-state index contributed by atoms with van der Waals surface area (Å²) in [5.74, 6) is 0.0207. The first-order valence-electron chi connectivity index (χ1n) is 7.40. The quantitative estimate of drug-likeness (QED) is 0.824. The second kappa shape index (κ2) is 7.23. The highest BCUT2D eigenvalue weighted by Crippen LogP contribution is 2.40. The molecular weight excluding hydrogens is 316 g/mol. The molecule has 0 bridgehead atoms. The molecule has 0 saturated heterocycles. The molecule has 2 N–H and O–H groups in total. The molecule has 1 aliphatic carbocycles. The molecule has 0 aliphatic heterocycles. The third-order valence-corrected chi connectivity index (χ3v) is 4.80. The van der Waals surface area contributed by atoms with Crippen LogP contribution in [0.2, 0.25) is 0 Å². The molecule has 1 aromatic carbocycles. The Kier molecular flexibility index (Phi) is 5.61. The number of halogens is 1. The van der Waals surface area contributed by atoms with E-state index in [1.807, 2.05) is 24.3 Å². The second-order valence-electron chi connectivity index (χ2n) is 5.72. The van der Waals surface area contributed by atoms with Crippen LogP contribution in [0.5, 0.6) is 0 Å². The molecule has 1 fully saturated rings. The first-order valence-corrected chi connectivity index (χ1v) is 8.19. The van der Waals surface area contributed by atoms with Crippen molar-refractivity contribution in [3.63, 3.8) is 0 Å². The van der Waals surface area contributed by atoms with E-state index in [2.05, 4.69) is 33.5 Å². The fraction of sp³-hybridized carbons (Fsp3) is 0.562. The maximum absolute atomic E-state index is 11.9. The maximum Gasteiger partial charge on any atom is 0.238 e. The van der Waals surface area contributed by atoms with E-state index in [4.69, 9.17) is 0 Å². The number of benzene rings is 1. The highest BCUT2D eigenvalue weighted by atomic mass is 79.9. The molecule has 0 spiro atoms. The molecule has 1 saturated carbocycles. The van der Waals surface area contributed by atoms with Crippen molar-refractivity contribution in [2.24, 2.45) is 5.41 Å². The smallest absolute Gasteiger partial charge is 0.238 e. The molecule has 0 radical (unpaired) electrons. The van der Waals surface area contributed by atoms with E-state index in [-0.39, 0.29) is 5.91 Å². The summed E-state index contributed by atoms with van der Waals surface area (Å²) in [4.78, 5) is 11.9. The van der Waals surface area contributed by atoms with Gasteiger partial charge in [0.25, 0.3) is 0 Å². The van der Waals surface area contributed by atoms with E-state index >= 15 is 0 Å². The predicted octanol–water partition coefficient (Wildman–Crippen LogP) is 3.95. The molecule has 0 heterocycles. The minimum Gasteiger partial charge on any atom is -0.325 e. The first-order chi connectivity index (χ1) is 9.63. The molecule has 0 aromatic heterocycles. The number of hydrogen-bond donors (Lipinski definition) is 2. The van der Waals surface area contributed by atoms with Gasteiger partial charge in [0.05, 0.1) is 6.54 Å². The van der Waals surface area contributed by atoms with Crippen molar-refractivity contribution in [1.82, 2.24) is 5.32 Å². The zero-order chi connectivity index (χ0) is 14.4. The predicted molar refractivity (Wildman–Crippen MR) is 86.8 cm³/mol. The van der Waals surface area contributed by atoms with Gasteiger partial charge in [0.2, 0.25) is 5.91 Å². The number of anilines is 1. The summed E-state index contributed by atoms with van der Waals surface area (Å²) >= 11 is 3.40. The van der Waals surface area contributed by atoms with Gasteiger partial charge in [-0.1, -0.05) is 41.8 Å². The minimum atomic E-state index is 0.0207. The molecule has 1 amide bonds. The lowest BCUT2D eigenvalue weighted by atomic mass is 9.83. The Labute approximate surface area is 129 Å². The van der Waals surface area contributed by atoms with Crippen molar-refractivity contribution in [3.8, 4) is 0 Å². The Hall–Kier alpha value is -0.870. The number of hydrogen-bond acceptors (Lipinski definition) is 2. The van der Waals surface area contributed by atoms with Gasteiger partial charge in [-0.25, -0.2) is 0 Å². The van der Waals surface area contributed by atoms with Crippen LogP contribution < -0.4 is 10.6 Å². The van der Waals surface area contributed by atoms with Crippen molar-refractivity contribution in [2.45, 2.75) is 39.0 Å². The lowest BCUT2D eigenvalue weighted by Crippen LogP contribution is -2.36. The largest absolute Gasteiger partial charge is 0.325 e. The van der Waals surface area contributed by atoms with E-state index in [0.29, 0.717) is 12.0 Å². The van der Waals surface area contributed by atoms with Gasteiger partial charge >= 0.3 is 0 Å². The highest BCUT2D eigenvalue weighted by Gasteiger charge is 2.31. The van der Waals surface area contributed by atoms with Crippen LogP contribution in [-0.4, -0.2) is 19.0 Å². The van der Waals surface area contributed by atoms with Gasteiger partial charge in [0.1, 0.15) is 0 Å². The number of rotatable bonds is 6. The van der Waals surface area contributed by atoms with Gasteiger partial charge in [-0.15, -0.1) is 0 Å². The van der Waals surface area contributed by atoms with Gasteiger partial charge in [-0.2, -0.15) is 0 Å². The van der Waals surface area contributed by atoms with Crippen LogP contribution in [0.15, 0.2) is 28.7 Å². The average Bonchev–Trinajstić information content (AvgIpc) is 2.88. The van der Waals surface area contributed by atoms with Crippen molar-refractivity contribution < 1.29 is 4.79 Å². The van der Waals surface area contributed by atoms with Crippen molar-refractivity contribution >= 4 is 27.5 Å². The van der Waals surface area contributed by atoms with Crippen LogP contribution in [0.4, 0.5) is 5.69 Å². The van der Waals surface area contributed by atoms with Crippen LogP contribution in [0.3, 0.4) is 0 Å². The molecule has 4 heteroatoms. The first kappa shape index (κ1) is 15.5. The normalized spacial score (nSPS) is 17.1. The Morgan fingerprint density at radius 1 is 1.35 bits per heavy atom. The van der Waals surface area contributed by atoms with Gasteiger partial charge in [0.15, 0.2) is 0 Å². The van der Waals surface area contributed by atoms with Gasteiger partial charge in [-0.3, -0.25) is 4.79 Å². The Balaban J connectivity index is 1.75. The van der Waals surface area contributed by atoms with Crippen molar-refractivity contribution in [1.29, 1.82) is 0 Å². The lowest BCUT2D eigenvalue weighted by molar-refractivity contribution is -0.115. The van der Waals surface area contributed by atoms with Gasteiger partial charge in [-0.05, 0) is 42.9 Å². The lowest BCUT2D eigenvalue weighted by Gasteiger charge is -2.27. The van der Waals surface area contributed by atoms with E-state index in [1.54, 1.807) is 0 Å². The van der Waals surface area contributed by atoms with Crippen LogP contribution in [-0.2, 0) is 4.79 Å². The van der Waals surface area contributed by atoms with E-state index in [9.17, 15) is 4.79 Å². The topological polar surface area (TPSA) is 41.1 Å². The van der Waals surface area contributed by atoms with Crippen molar-refractivity contribution in [2.75, 3.05) is 18.4 Å². The number of carbonyl (C=O) groups excluding carboxylic acids is 1. The van der Waals surface area contributed by atoms with Gasteiger partial charge < -0.3 is 10.6 Å².